The molecule has 0 unspecified atom stereocenters. The average Bonchev–Trinajstić information content (AvgIpc) is 2.83. The van der Waals surface area contributed by atoms with Gasteiger partial charge in [0.15, 0.2) is 0 Å². The number of fused-ring (bicyclic) bond motifs is 5. The molecule has 4 aliphatic carbocycles. The van der Waals surface area contributed by atoms with Crippen LogP contribution in [-0.4, -0.2) is 35.1 Å². The maximum absolute atomic E-state index is 13.1. The molecule has 3 nitrogen and oxygen atoms in total. The topological polar surface area (TPSA) is 40.5 Å². The predicted octanol–water partition coefficient (Wildman–Crippen LogP) is 6.95. The molecule has 188 valence electrons. The van der Waals surface area contributed by atoms with Gasteiger partial charge in [0.25, 0.3) is 5.91 Å². The van der Waals surface area contributed by atoms with Crippen LogP contribution in [0.4, 0.5) is 0 Å². The van der Waals surface area contributed by atoms with Crippen LogP contribution in [-0.2, 0) is 0 Å². The van der Waals surface area contributed by atoms with Crippen molar-refractivity contribution in [3.8, 4) is 0 Å². The summed E-state index contributed by atoms with van der Waals surface area (Å²) in [6.45, 7) is 8.00. The van der Waals surface area contributed by atoms with Gasteiger partial charge in [0, 0.05) is 19.2 Å². The number of carbonyl (C=O) groups excluding carboxylic acids is 1. The zero-order valence-electron chi connectivity index (χ0n) is 22.1. The van der Waals surface area contributed by atoms with Crippen molar-refractivity contribution in [1.82, 2.24) is 4.90 Å². The van der Waals surface area contributed by atoms with E-state index in [0.29, 0.717) is 22.7 Å². The fraction of sp³-hybridized carbons (Fsp3) is 0.774. The minimum absolute atomic E-state index is 0.166. The Balaban J connectivity index is 1.35. The van der Waals surface area contributed by atoms with Crippen molar-refractivity contribution in [3.05, 3.63) is 35.9 Å². The summed E-state index contributed by atoms with van der Waals surface area (Å²) >= 11 is 0. The molecule has 3 heteroatoms. The first-order valence-corrected chi connectivity index (χ1v) is 14.2. The predicted molar refractivity (Wildman–Crippen MR) is 138 cm³/mol. The highest BCUT2D eigenvalue weighted by atomic mass is 16.3. The molecule has 4 aliphatic rings. The zero-order valence-corrected chi connectivity index (χ0v) is 22.1. The van der Waals surface area contributed by atoms with E-state index < -0.39 is 5.60 Å². The van der Waals surface area contributed by atoms with Crippen molar-refractivity contribution < 1.29 is 9.90 Å². The van der Waals surface area contributed by atoms with Crippen LogP contribution in [0.2, 0.25) is 0 Å². The molecule has 1 amide bonds. The second-order valence-corrected chi connectivity index (χ2v) is 13.2. The summed E-state index contributed by atoms with van der Waals surface area (Å²) in [5.41, 5.74) is 1.17. The molecule has 0 spiro atoms. The van der Waals surface area contributed by atoms with E-state index in [1.54, 1.807) is 0 Å². The van der Waals surface area contributed by atoms with Gasteiger partial charge in [-0.15, -0.1) is 0 Å². The van der Waals surface area contributed by atoms with Gasteiger partial charge in [0.05, 0.1) is 5.60 Å². The van der Waals surface area contributed by atoms with Crippen LogP contribution < -0.4 is 0 Å². The van der Waals surface area contributed by atoms with Gasteiger partial charge in [-0.05, 0) is 124 Å². The second-order valence-electron chi connectivity index (χ2n) is 13.2. The van der Waals surface area contributed by atoms with Gasteiger partial charge < -0.3 is 10.0 Å². The van der Waals surface area contributed by atoms with E-state index in [1.165, 1.54) is 57.8 Å². The molecule has 1 aromatic rings. The summed E-state index contributed by atoms with van der Waals surface area (Å²) < 4.78 is 0. The summed E-state index contributed by atoms with van der Waals surface area (Å²) in [5, 5.41) is 10.9. The van der Waals surface area contributed by atoms with Crippen molar-refractivity contribution >= 4 is 5.91 Å². The third-order valence-electron chi connectivity index (χ3n) is 11.6. The molecule has 1 N–H and O–H groups in total. The minimum atomic E-state index is -0.453. The molecule has 4 saturated carbocycles. The maximum Gasteiger partial charge on any atom is 0.253 e. The van der Waals surface area contributed by atoms with E-state index in [4.69, 9.17) is 0 Å². The SMILES string of the molecule is CC[C@]12CC[C@@](C)(O)C[C@H]1CC[C@H]1[C@@H]3CCC[C@H](CN(C)C(=O)c4ccccc4)[C@@]3(C)CC[C@@H]12. The molecule has 5 rings (SSSR count). The lowest BCUT2D eigenvalue weighted by atomic mass is 9.40. The lowest BCUT2D eigenvalue weighted by Crippen LogP contribution is -2.59. The van der Waals surface area contributed by atoms with Gasteiger partial charge in [-0.1, -0.05) is 38.5 Å². The lowest BCUT2D eigenvalue weighted by Gasteiger charge is -2.65. The summed E-state index contributed by atoms with van der Waals surface area (Å²) in [6.07, 6.45) is 13.8. The molecule has 0 bridgehead atoms. The number of carbonyl (C=O) groups is 1. The Labute approximate surface area is 207 Å². The monoisotopic (exact) mass is 465 g/mol. The van der Waals surface area contributed by atoms with Crippen molar-refractivity contribution in [2.45, 2.75) is 97.0 Å². The number of rotatable bonds is 4. The Morgan fingerprint density at radius 3 is 2.50 bits per heavy atom. The van der Waals surface area contributed by atoms with Crippen molar-refractivity contribution in [3.63, 3.8) is 0 Å². The van der Waals surface area contributed by atoms with Crippen LogP contribution in [0.3, 0.4) is 0 Å². The standard InChI is InChI=1S/C31H47NO2/c1-5-31-19-18-29(2,34)20-23(31)14-15-25-26-13-9-12-24(30(26,3)17-16-27(25)31)21-32(4)28(33)22-10-7-6-8-11-22/h6-8,10-11,23-27,34H,5,9,12-21H2,1-4H3/t23-,24-,25+,26+,27+,29-,30-,31+/m1/s1. The molecule has 0 saturated heterocycles. The van der Waals surface area contributed by atoms with Crippen LogP contribution in [0, 0.1) is 40.4 Å². The summed E-state index contributed by atoms with van der Waals surface area (Å²) in [4.78, 5) is 15.1. The number of benzene rings is 1. The van der Waals surface area contributed by atoms with Gasteiger partial charge in [0.1, 0.15) is 0 Å². The number of hydrogen-bond donors (Lipinski definition) is 1. The first-order valence-electron chi connectivity index (χ1n) is 14.2. The number of hydrogen-bond acceptors (Lipinski definition) is 2. The normalized spacial score (nSPS) is 43.9. The highest BCUT2D eigenvalue weighted by Crippen LogP contribution is 2.68. The number of aliphatic hydroxyl groups is 1. The molecule has 0 heterocycles. The molecule has 34 heavy (non-hydrogen) atoms. The van der Waals surface area contributed by atoms with Crippen molar-refractivity contribution in [1.29, 1.82) is 0 Å². The molecule has 0 aliphatic heterocycles. The molecule has 4 fully saturated rings. The number of amides is 1. The third-order valence-corrected chi connectivity index (χ3v) is 11.6. The molecular formula is C31H47NO2. The molecule has 8 atom stereocenters. The Kier molecular flexibility index (Phi) is 6.41. The fourth-order valence-electron chi connectivity index (χ4n) is 9.77. The lowest BCUT2D eigenvalue weighted by molar-refractivity contribution is -0.172. The summed E-state index contributed by atoms with van der Waals surface area (Å²) in [6, 6.07) is 9.79. The Morgan fingerprint density at radius 2 is 1.76 bits per heavy atom. The highest BCUT2D eigenvalue weighted by Gasteiger charge is 2.60. The van der Waals surface area contributed by atoms with E-state index in [2.05, 4.69) is 20.8 Å². The van der Waals surface area contributed by atoms with Crippen molar-refractivity contribution in [2.75, 3.05) is 13.6 Å². The summed E-state index contributed by atoms with van der Waals surface area (Å²) in [7, 11) is 2.01. The quantitative estimate of drug-likeness (QED) is 0.523. The van der Waals surface area contributed by atoms with Crippen LogP contribution in [0.1, 0.15) is 102 Å². The zero-order chi connectivity index (χ0) is 24.1. The van der Waals surface area contributed by atoms with Crippen LogP contribution in [0.15, 0.2) is 30.3 Å². The Bertz CT molecular complexity index is 881. The molecular weight excluding hydrogens is 418 g/mol. The largest absolute Gasteiger partial charge is 0.390 e. The average molecular weight is 466 g/mol. The van der Waals surface area contributed by atoms with E-state index in [1.807, 2.05) is 42.3 Å². The van der Waals surface area contributed by atoms with Gasteiger partial charge in [-0.3, -0.25) is 4.79 Å². The maximum atomic E-state index is 13.1. The van der Waals surface area contributed by atoms with Gasteiger partial charge in [-0.25, -0.2) is 0 Å². The van der Waals surface area contributed by atoms with E-state index >= 15 is 0 Å². The molecule has 0 radical (unpaired) electrons. The van der Waals surface area contributed by atoms with Gasteiger partial charge in [0.2, 0.25) is 0 Å². The van der Waals surface area contributed by atoms with E-state index in [0.717, 1.165) is 42.7 Å². The van der Waals surface area contributed by atoms with Crippen LogP contribution >= 0.6 is 0 Å². The smallest absolute Gasteiger partial charge is 0.253 e. The highest BCUT2D eigenvalue weighted by molar-refractivity contribution is 5.94. The first-order chi connectivity index (χ1) is 16.2. The van der Waals surface area contributed by atoms with Gasteiger partial charge >= 0.3 is 0 Å². The minimum Gasteiger partial charge on any atom is -0.390 e. The first kappa shape index (κ1) is 24.3. The Morgan fingerprint density at radius 1 is 1.00 bits per heavy atom. The number of nitrogens with zero attached hydrogens (tertiary/aromatic N) is 1. The molecule has 1 aromatic carbocycles. The van der Waals surface area contributed by atoms with E-state index in [9.17, 15) is 9.90 Å². The summed E-state index contributed by atoms with van der Waals surface area (Å²) in [5.74, 6) is 3.97. The fourth-order valence-corrected chi connectivity index (χ4v) is 9.77. The van der Waals surface area contributed by atoms with Crippen LogP contribution in [0.5, 0.6) is 0 Å². The second kappa shape index (κ2) is 8.95. The van der Waals surface area contributed by atoms with E-state index in [-0.39, 0.29) is 5.91 Å². The molecule has 0 aromatic heterocycles. The van der Waals surface area contributed by atoms with Gasteiger partial charge in [-0.2, -0.15) is 0 Å². The van der Waals surface area contributed by atoms with Crippen molar-refractivity contribution in [2.24, 2.45) is 40.4 Å². The Hall–Kier alpha value is -1.35. The van der Waals surface area contributed by atoms with Crippen LogP contribution in [0.25, 0.3) is 0 Å². The third kappa shape index (κ3) is 3.94.